The number of benzene rings is 1. The van der Waals surface area contributed by atoms with Crippen LogP contribution in [0.15, 0.2) is 27.5 Å². The van der Waals surface area contributed by atoms with E-state index >= 15 is 0 Å². The number of ether oxygens (including phenoxy) is 2. The topological polar surface area (TPSA) is 118 Å². The third kappa shape index (κ3) is 3.24. The van der Waals surface area contributed by atoms with Crippen LogP contribution in [0.2, 0.25) is 0 Å². The fourth-order valence-electron chi connectivity index (χ4n) is 2.63. The van der Waals surface area contributed by atoms with E-state index in [1.807, 2.05) is 6.07 Å². The van der Waals surface area contributed by atoms with Gasteiger partial charge in [-0.2, -0.15) is 14.6 Å². The molecule has 0 radical (unpaired) electrons. The van der Waals surface area contributed by atoms with Gasteiger partial charge in [0.05, 0.1) is 20.3 Å². The highest BCUT2D eigenvalue weighted by atomic mass is 32.2. The maximum atomic E-state index is 13.0. The standard InChI is InChI=1S/C16H18N4O5S/c1-18-16-12(10-17)19-15(25-16)11-3-4-13(23-2)14(9-11)26(21,22)20-5-7-24-8-6-20/h3-4,9,18H,5-8H2,1-2H3. The van der Waals surface area contributed by atoms with E-state index < -0.39 is 10.0 Å². The summed E-state index contributed by atoms with van der Waals surface area (Å²) in [6.07, 6.45) is 0. The molecule has 1 aromatic carbocycles. The molecule has 1 saturated heterocycles. The zero-order valence-corrected chi connectivity index (χ0v) is 15.2. The maximum Gasteiger partial charge on any atom is 0.246 e. The van der Waals surface area contributed by atoms with Gasteiger partial charge in [0.2, 0.25) is 27.5 Å². The Morgan fingerprint density at radius 1 is 1.35 bits per heavy atom. The van der Waals surface area contributed by atoms with Crippen molar-refractivity contribution in [3.63, 3.8) is 0 Å². The molecular formula is C16H18N4O5S. The van der Waals surface area contributed by atoms with Gasteiger partial charge >= 0.3 is 0 Å². The minimum atomic E-state index is -3.77. The number of nitrogens with one attached hydrogen (secondary N) is 1. The van der Waals surface area contributed by atoms with Crippen LogP contribution in [-0.2, 0) is 14.8 Å². The van der Waals surface area contributed by atoms with Crippen molar-refractivity contribution in [2.45, 2.75) is 4.90 Å². The molecule has 0 aliphatic carbocycles. The van der Waals surface area contributed by atoms with Gasteiger partial charge in [0.15, 0.2) is 0 Å². The molecular weight excluding hydrogens is 360 g/mol. The predicted molar refractivity (Wildman–Crippen MR) is 92.3 cm³/mol. The summed E-state index contributed by atoms with van der Waals surface area (Å²) < 4.78 is 43.3. The summed E-state index contributed by atoms with van der Waals surface area (Å²) in [4.78, 5) is 4.12. The first-order chi connectivity index (χ1) is 12.5. The van der Waals surface area contributed by atoms with Crippen molar-refractivity contribution in [3.05, 3.63) is 23.9 Å². The Morgan fingerprint density at radius 3 is 2.65 bits per heavy atom. The van der Waals surface area contributed by atoms with E-state index in [2.05, 4.69) is 10.3 Å². The van der Waals surface area contributed by atoms with Gasteiger partial charge in [-0.3, -0.25) is 0 Å². The zero-order chi connectivity index (χ0) is 18.7. The number of hydrogen-bond acceptors (Lipinski definition) is 8. The molecule has 26 heavy (non-hydrogen) atoms. The molecule has 1 aliphatic heterocycles. The fraction of sp³-hybridized carbons (Fsp3) is 0.375. The molecule has 0 amide bonds. The van der Waals surface area contributed by atoms with Gasteiger partial charge in [-0.25, -0.2) is 8.42 Å². The van der Waals surface area contributed by atoms with Crippen molar-refractivity contribution in [2.24, 2.45) is 0 Å². The summed E-state index contributed by atoms with van der Waals surface area (Å²) in [5.41, 5.74) is 0.520. The van der Waals surface area contributed by atoms with E-state index in [1.165, 1.54) is 23.5 Å². The van der Waals surface area contributed by atoms with Crippen LogP contribution in [0.3, 0.4) is 0 Å². The number of anilines is 1. The quantitative estimate of drug-likeness (QED) is 0.827. The van der Waals surface area contributed by atoms with Crippen molar-refractivity contribution < 1.29 is 22.3 Å². The number of sulfonamides is 1. The molecule has 9 nitrogen and oxygen atoms in total. The molecule has 0 spiro atoms. The Hall–Kier alpha value is -2.61. The third-order valence-corrected chi connectivity index (χ3v) is 5.88. The molecule has 0 bridgehead atoms. The van der Waals surface area contributed by atoms with Crippen molar-refractivity contribution in [2.75, 3.05) is 45.8 Å². The molecule has 0 unspecified atom stereocenters. The second kappa shape index (κ2) is 7.33. The molecule has 3 rings (SSSR count). The monoisotopic (exact) mass is 378 g/mol. The highest BCUT2D eigenvalue weighted by molar-refractivity contribution is 7.89. The van der Waals surface area contributed by atoms with Crippen LogP contribution in [0.5, 0.6) is 5.75 Å². The van der Waals surface area contributed by atoms with Gasteiger partial charge in [-0.05, 0) is 18.2 Å². The number of morpholine rings is 1. The molecule has 1 fully saturated rings. The summed E-state index contributed by atoms with van der Waals surface area (Å²) in [5, 5.41) is 11.8. The maximum absolute atomic E-state index is 13.0. The molecule has 138 valence electrons. The number of rotatable bonds is 5. The first-order valence-electron chi connectivity index (χ1n) is 7.86. The number of nitriles is 1. The summed E-state index contributed by atoms with van der Waals surface area (Å²) >= 11 is 0. The highest BCUT2D eigenvalue weighted by Crippen LogP contribution is 2.33. The molecule has 2 aromatic rings. The van der Waals surface area contributed by atoms with Crippen molar-refractivity contribution >= 4 is 15.9 Å². The molecule has 2 heterocycles. The fourth-order valence-corrected chi connectivity index (χ4v) is 4.22. The minimum Gasteiger partial charge on any atom is -0.495 e. The second-order valence-electron chi connectivity index (χ2n) is 5.44. The zero-order valence-electron chi connectivity index (χ0n) is 14.4. The van der Waals surface area contributed by atoms with Crippen LogP contribution in [0, 0.1) is 11.3 Å². The molecule has 0 saturated carbocycles. The summed E-state index contributed by atoms with van der Waals surface area (Å²) in [5.74, 6) is 0.587. The van der Waals surface area contributed by atoms with E-state index in [-0.39, 0.29) is 41.2 Å². The van der Waals surface area contributed by atoms with E-state index in [1.54, 1.807) is 13.1 Å². The Morgan fingerprint density at radius 2 is 2.08 bits per heavy atom. The number of hydrogen-bond donors (Lipinski definition) is 1. The van der Waals surface area contributed by atoms with Gasteiger partial charge in [0, 0.05) is 25.7 Å². The number of methoxy groups -OCH3 is 1. The van der Waals surface area contributed by atoms with Crippen LogP contribution >= 0.6 is 0 Å². The van der Waals surface area contributed by atoms with E-state index in [0.29, 0.717) is 18.8 Å². The van der Waals surface area contributed by atoms with Crippen molar-refractivity contribution in [1.82, 2.24) is 9.29 Å². The lowest BCUT2D eigenvalue weighted by molar-refractivity contribution is 0.0729. The van der Waals surface area contributed by atoms with Crippen LogP contribution in [0.1, 0.15) is 5.69 Å². The van der Waals surface area contributed by atoms with E-state index in [0.717, 1.165) is 0 Å². The van der Waals surface area contributed by atoms with E-state index in [4.69, 9.17) is 19.2 Å². The van der Waals surface area contributed by atoms with Crippen molar-refractivity contribution in [1.29, 1.82) is 5.26 Å². The normalized spacial score (nSPS) is 15.4. The molecule has 1 aliphatic rings. The summed E-state index contributed by atoms with van der Waals surface area (Å²) in [6.45, 7) is 1.24. The molecule has 0 atom stereocenters. The average Bonchev–Trinajstić information content (AvgIpc) is 3.11. The Kier molecular flexibility index (Phi) is 5.13. The highest BCUT2D eigenvalue weighted by Gasteiger charge is 2.30. The first kappa shape index (κ1) is 18.2. The van der Waals surface area contributed by atoms with Crippen LogP contribution in [0.25, 0.3) is 11.5 Å². The van der Waals surface area contributed by atoms with E-state index in [9.17, 15) is 8.42 Å². The van der Waals surface area contributed by atoms with Crippen LogP contribution in [0.4, 0.5) is 5.88 Å². The SMILES string of the molecule is CNc1oc(-c2ccc(OC)c(S(=O)(=O)N3CCOCC3)c2)nc1C#N. The number of aromatic nitrogens is 1. The van der Waals surface area contributed by atoms with Crippen LogP contribution < -0.4 is 10.1 Å². The van der Waals surface area contributed by atoms with Crippen molar-refractivity contribution in [3.8, 4) is 23.3 Å². The lowest BCUT2D eigenvalue weighted by atomic mass is 10.2. The minimum absolute atomic E-state index is 0.0158. The van der Waals surface area contributed by atoms with Gasteiger partial charge in [-0.1, -0.05) is 0 Å². The lowest BCUT2D eigenvalue weighted by Crippen LogP contribution is -2.40. The summed E-state index contributed by atoms with van der Waals surface area (Å²) in [7, 11) is -0.759. The number of oxazole rings is 1. The lowest BCUT2D eigenvalue weighted by Gasteiger charge is -2.26. The van der Waals surface area contributed by atoms with Gasteiger partial charge in [0.25, 0.3) is 0 Å². The second-order valence-corrected chi connectivity index (χ2v) is 7.35. The molecule has 1 aromatic heterocycles. The van der Waals surface area contributed by atoms with Crippen LogP contribution in [-0.4, -0.2) is 58.2 Å². The third-order valence-electron chi connectivity index (χ3n) is 3.96. The van der Waals surface area contributed by atoms with Gasteiger partial charge in [-0.15, -0.1) is 0 Å². The Bertz CT molecular complexity index is 942. The molecule has 10 heteroatoms. The first-order valence-corrected chi connectivity index (χ1v) is 9.30. The Balaban J connectivity index is 2.07. The summed E-state index contributed by atoms with van der Waals surface area (Å²) in [6, 6.07) is 6.53. The van der Waals surface area contributed by atoms with Gasteiger partial charge in [0.1, 0.15) is 16.7 Å². The smallest absolute Gasteiger partial charge is 0.246 e. The number of nitrogens with zero attached hydrogens (tertiary/aromatic N) is 3. The van der Waals surface area contributed by atoms with Gasteiger partial charge < -0.3 is 19.2 Å². The average molecular weight is 378 g/mol. The molecule has 1 N–H and O–H groups in total. The largest absolute Gasteiger partial charge is 0.495 e. The predicted octanol–water partition coefficient (Wildman–Crippen LogP) is 1.28. The Labute approximate surface area is 151 Å².